The Labute approximate surface area is 311 Å². The number of carbonyl (C=O) groups is 2. The Morgan fingerprint density at radius 3 is 2.45 bits per heavy atom. The molecule has 3 aromatic rings. The van der Waals surface area contributed by atoms with Gasteiger partial charge in [0.25, 0.3) is 15.9 Å². The van der Waals surface area contributed by atoms with E-state index in [4.69, 9.17) is 21.1 Å². The van der Waals surface area contributed by atoms with E-state index in [0.29, 0.717) is 31.7 Å². The minimum Gasteiger partial charge on any atom is -0.477 e. The van der Waals surface area contributed by atoms with Gasteiger partial charge in [-0.2, -0.15) is 21.6 Å². The molecule has 2 fully saturated rings. The van der Waals surface area contributed by atoms with Crippen LogP contribution in [0.15, 0.2) is 59.3 Å². The van der Waals surface area contributed by atoms with Crippen molar-refractivity contribution in [2.24, 2.45) is 5.41 Å². The fourth-order valence-corrected chi connectivity index (χ4v) is 7.04. The molecule has 288 valence electrons. The van der Waals surface area contributed by atoms with Gasteiger partial charge in [-0.3, -0.25) is 9.69 Å². The Morgan fingerprint density at radius 1 is 1.09 bits per heavy atom. The highest BCUT2D eigenvalue weighted by atomic mass is 35.5. The van der Waals surface area contributed by atoms with Crippen LogP contribution in [-0.2, 0) is 14.8 Å². The fraction of sp³-hybridized carbons (Fsp3) is 0.514. The number of hydrogen-bond donors (Lipinski definition) is 1. The van der Waals surface area contributed by atoms with E-state index in [1.54, 1.807) is 22.9 Å². The number of hydrogen-bond acceptors (Lipinski definition) is 10. The highest BCUT2D eigenvalue weighted by Gasteiger charge is 2.62. The first-order valence-corrected chi connectivity index (χ1v) is 18.8. The summed E-state index contributed by atoms with van der Waals surface area (Å²) in [6.45, 7) is 10.3. The molecule has 1 aliphatic carbocycles. The SMILES string of the molecule is CN(CC/C=C1\CN(C(=O)OC(C)(C)C)C(C)(C)C1)c1cccc(S(=O)(=O)NC(=O)c2ccc(-n3ccc(OCCC4(C(F)(F)F)CC4)n3)nc2Cl)n1. The number of nitrogens with one attached hydrogen (secondary N) is 1. The topological polar surface area (TPSA) is 149 Å². The predicted octanol–water partition coefficient (Wildman–Crippen LogP) is 6.72. The molecular weight excluding hydrogens is 739 g/mol. The molecule has 0 spiro atoms. The van der Waals surface area contributed by atoms with Crippen molar-refractivity contribution in [3.63, 3.8) is 0 Å². The van der Waals surface area contributed by atoms with Crippen LogP contribution in [0.5, 0.6) is 5.88 Å². The Balaban J connectivity index is 1.16. The normalized spacial score (nSPS) is 17.5. The van der Waals surface area contributed by atoms with Gasteiger partial charge in [0.05, 0.1) is 17.6 Å². The van der Waals surface area contributed by atoms with Gasteiger partial charge in [0.15, 0.2) is 10.8 Å². The minimum absolute atomic E-state index is 0.0793. The van der Waals surface area contributed by atoms with Crippen molar-refractivity contribution >= 4 is 39.4 Å². The van der Waals surface area contributed by atoms with Crippen molar-refractivity contribution in [1.29, 1.82) is 0 Å². The molecule has 0 aromatic carbocycles. The predicted molar refractivity (Wildman–Crippen MR) is 191 cm³/mol. The summed E-state index contributed by atoms with van der Waals surface area (Å²) < 4.78 is 80.1. The second-order valence-corrected chi connectivity index (χ2v) is 16.9. The summed E-state index contributed by atoms with van der Waals surface area (Å²) in [5.74, 6) is -0.442. The van der Waals surface area contributed by atoms with E-state index in [1.807, 2.05) is 39.3 Å². The number of alkyl halides is 3. The average Bonchev–Trinajstić information content (AvgIpc) is 3.59. The van der Waals surface area contributed by atoms with E-state index in [2.05, 4.69) is 21.1 Å². The van der Waals surface area contributed by atoms with E-state index in [9.17, 15) is 31.2 Å². The first-order chi connectivity index (χ1) is 24.6. The number of ether oxygens (including phenoxy) is 2. The number of likely N-dealkylation sites (tertiary alicyclic amines) is 1. The molecule has 0 unspecified atom stereocenters. The van der Waals surface area contributed by atoms with Crippen LogP contribution in [0, 0.1) is 5.41 Å². The molecule has 0 atom stereocenters. The molecule has 53 heavy (non-hydrogen) atoms. The molecule has 1 saturated heterocycles. The van der Waals surface area contributed by atoms with E-state index >= 15 is 0 Å². The van der Waals surface area contributed by atoms with Crippen molar-refractivity contribution in [3.8, 4) is 11.7 Å². The zero-order valence-corrected chi connectivity index (χ0v) is 31.9. The molecule has 4 heterocycles. The number of amides is 2. The van der Waals surface area contributed by atoms with Crippen LogP contribution < -0.4 is 14.4 Å². The standard InChI is InChI=1S/C35H43ClF3N7O6S/c1-32(2,3)52-31(48)45-22-23(21-33(45,4)5)9-8-18-44(6)25-10-7-11-28(40-25)53(49,50)43-30(47)24-12-13-26(41-29(24)36)46-19-14-27(42-46)51-20-17-34(15-16-34)35(37,38)39/h7,9-14,19H,8,15-18,20-22H2,1-6H3,(H,43,47)/b23-9-. The average molecular weight is 782 g/mol. The molecule has 0 radical (unpaired) electrons. The molecule has 1 aliphatic heterocycles. The third kappa shape index (κ3) is 9.60. The lowest BCUT2D eigenvalue weighted by atomic mass is 9.99. The van der Waals surface area contributed by atoms with E-state index in [1.165, 1.54) is 41.2 Å². The Morgan fingerprint density at radius 2 is 1.81 bits per heavy atom. The van der Waals surface area contributed by atoms with Gasteiger partial charge in [-0.05, 0) is 91.0 Å². The second-order valence-electron chi connectivity index (χ2n) is 14.9. The molecule has 1 saturated carbocycles. The van der Waals surface area contributed by atoms with Crippen LogP contribution >= 0.6 is 11.6 Å². The van der Waals surface area contributed by atoms with Gasteiger partial charge < -0.3 is 14.4 Å². The quantitative estimate of drug-likeness (QED) is 0.155. The minimum atomic E-state index is -4.43. The Hall–Kier alpha value is -4.38. The van der Waals surface area contributed by atoms with Crippen molar-refractivity contribution in [2.75, 3.05) is 31.6 Å². The molecular formula is C35H43ClF3N7O6S. The molecule has 3 aromatic heterocycles. The summed E-state index contributed by atoms with van der Waals surface area (Å²) in [5.41, 5.74) is -1.83. The molecule has 18 heteroatoms. The molecule has 2 aliphatic rings. The highest BCUT2D eigenvalue weighted by Crippen LogP contribution is 2.59. The maximum absolute atomic E-state index is 13.2. The van der Waals surface area contributed by atoms with Gasteiger partial charge in [-0.15, -0.1) is 5.10 Å². The van der Waals surface area contributed by atoms with Crippen LogP contribution in [0.2, 0.25) is 5.15 Å². The largest absolute Gasteiger partial charge is 0.477 e. The van der Waals surface area contributed by atoms with Crippen molar-refractivity contribution in [1.82, 2.24) is 29.4 Å². The number of carbonyl (C=O) groups excluding carboxylic acids is 2. The van der Waals surface area contributed by atoms with Gasteiger partial charge in [-0.1, -0.05) is 29.3 Å². The summed E-state index contributed by atoms with van der Waals surface area (Å²) in [7, 11) is -2.66. The first-order valence-electron chi connectivity index (χ1n) is 17.0. The smallest absolute Gasteiger partial charge is 0.411 e. The number of rotatable bonds is 12. The van der Waals surface area contributed by atoms with Crippen LogP contribution in [0.25, 0.3) is 5.82 Å². The zero-order valence-electron chi connectivity index (χ0n) is 30.3. The lowest BCUT2D eigenvalue weighted by Crippen LogP contribution is -2.45. The summed E-state index contributed by atoms with van der Waals surface area (Å²) in [4.78, 5) is 37.7. The third-order valence-corrected chi connectivity index (χ3v) is 10.5. The third-order valence-electron chi connectivity index (χ3n) is 9.03. The van der Waals surface area contributed by atoms with Crippen molar-refractivity contribution < 1.29 is 40.7 Å². The van der Waals surface area contributed by atoms with Crippen molar-refractivity contribution in [3.05, 3.63) is 65.0 Å². The zero-order chi connectivity index (χ0) is 39.0. The Bertz CT molecular complexity index is 1990. The van der Waals surface area contributed by atoms with Gasteiger partial charge in [0, 0.05) is 37.9 Å². The van der Waals surface area contributed by atoms with E-state index < -0.39 is 38.7 Å². The lowest BCUT2D eigenvalue weighted by Gasteiger charge is -2.33. The summed E-state index contributed by atoms with van der Waals surface area (Å²) >= 11 is 6.27. The molecule has 5 rings (SSSR count). The van der Waals surface area contributed by atoms with E-state index in [0.717, 1.165) is 5.57 Å². The van der Waals surface area contributed by atoms with Crippen LogP contribution in [0.4, 0.5) is 23.8 Å². The van der Waals surface area contributed by atoms with Gasteiger partial charge in [0.2, 0.25) is 5.88 Å². The van der Waals surface area contributed by atoms with Crippen molar-refractivity contribution in [2.45, 2.75) is 89.1 Å². The second kappa shape index (κ2) is 14.8. The summed E-state index contributed by atoms with van der Waals surface area (Å²) in [6.07, 6.45) is 0.174. The van der Waals surface area contributed by atoms with Crippen LogP contribution in [-0.4, -0.2) is 89.1 Å². The first kappa shape index (κ1) is 39.8. The Kier molecular flexibility index (Phi) is 11.1. The fourth-order valence-electron chi connectivity index (χ4n) is 5.87. The molecule has 1 N–H and O–H groups in total. The number of halogens is 4. The number of sulfonamides is 1. The molecule has 0 bridgehead atoms. The van der Waals surface area contributed by atoms with Gasteiger partial charge >= 0.3 is 12.3 Å². The maximum Gasteiger partial charge on any atom is 0.411 e. The number of aromatic nitrogens is 4. The maximum atomic E-state index is 13.2. The van der Waals surface area contributed by atoms with Crippen LogP contribution in [0.1, 0.15) is 77.1 Å². The van der Waals surface area contributed by atoms with Gasteiger partial charge in [0.1, 0.15) is 16.6 Å². The monoisotopic (exact) mass is 781 g/mol. The summed E-state index contributed by atoms with van der Waals surface area (Å²) in [6, 6.07) is 8.51. The lowest BCUT2D eigenvalue weighted by molar-refractivity contribution is -0.190. The molecule has 13 nitrogen and oxygen atoms in total. The number of anilines is 1. The molecule has 2 amide bonds. The highest BCUT2D eigenvalue weighted by molar-refractivity contribution is 7.90. The number of nitrogens with zero attached hydrogens (tertiary/aromatic N) is 6. The van der Waals surface area contributed by atoms with E-state index in [-0.39, 0.29) is 59.4 Å². The van der Waals surface area contributed by atoms with Gasteiger partial charge in [-0.25, -0.2) is 24.2 Å². The number of pyridine rings is 2. The summed E-state index contributed by atoms with van der Waals surface area (Å²) in [5, 5.41) is 3.45. The van der Waals surface area contributed by atoms with Crippen LogP contribution in [0.3, 0.4) is 0 Å².